The van der Waals surface area contributed by atoms with E-state index in [1.807, 2.05) is 34.6 Å². The number of carbonyl (C=O) groups excluding carboxylic acids is 2. The maximum Gasteiger partial charge on any atom is 0.271 e. The maximum atomic E-state index is 12.6. The van der Waals surface area contributed by atoms with Crippen LogP contribution in [0.4, 0.5) is 0 Å². The molecular weight excluding hydrogens is 693 g/mol. The summed E-state index contributed by atoms with van der Waals surface area (Å²) in [4.78, 5) is 40.6. The zero-order valence-corrected chi connectivity index (χ0v) is 38.8. The minimum absolute atomic E-state index is 0.0350. The summed E-state index contributed by atoms with van der Waals surface area (Å²) in [5.74, 6) is 0.298. The molecule has 2 heterocycles. The molecule has 1 aliphatic heterocycles. The normalized spacial score (nSPS) is 15.4. The van der Waals surface area contributed by atoms with Gasteiger partial charge >= 0.3 is 0 Å². The van der Waals surface area contributed by atoms with Crippen LogP contribution in [-0.2, 0) is 23.1 Å². The molecule has 0 saturated carbocycles. The predicted octanol–water partition coefficient (Wildman–Crippen LogP) is 12.5. The molecule has 0 spiro atoms. The topological polar surface area (TPSA) is 93.1 Å². The van der Waals surface area contributed by atoms with Gasteiger partial charge in [-0.05, 0) is 99.5 Å². The minimum atomic E-state index is -0.0810. The van der Waals surface area contributed by atoms with Gasteiger partial charge in [-0.15, -0.1) is 0 Å². The van der Waals surface area contributed by atoms with Crippen LogP contribution in [-0.4, -0.2) is 34.5 Å². The largest absolute Gasteiger partial charge is 0.356 e. The lowest BCUT2D eigenvalue weighted by Crippen LogP contribution is -2.34. The highest BCUT2D eigenvalue weighted by Crippen LogP contribution is 2.36. The van der Waals surface area contributed by atoms with Gasteiger partial charge in [-0.2, -0.15) is 0 Å². The second-order valence-corrected chi connectivity index (χ2v) is 14.2. The Morgan fingerprint density at radius 1 is 0.875 bits per heavy atom. The Morgan fingerprint density at radius 3 is 1.95 bits per heavy atom. The summed E-state index contributed by atoms with van der Waals surface area (Å²) < 4.78 is 1.56. The fourth-order valence-corrected chi connectivity index (χ4v) is 6.24. The molecule has 0 bridgehead atoms. The number of amides is 2. The van der Waals surface area contributed by atoms with Gasteiger partial charge in [0.1, 0.15) is 5.69 Å². The Hall–Kier alpha value is -3.74. The van der Waals surface area contributed by atoms with Gasteiger partial charge in [-0.1, -0.05) is 145 Å². The third-order valence-electron chi connectivity index (χ3n) is 8.92. The van der Waals surface area contributed by atoms with Crippen LogP contribution in [0.15, 0.2) is 63.6 Å². The highest BCUT2D eigenvalue weighted by atomic mass is 16.2. The van der Waals surface area contributed by atoms with Gasteiger partial charge in [-0.25, -0.2) is 4.98 Å². The van der Waals surface area contributed by atoms with E-state index in [1.165, 1.54) is 55.2 Å². The van der Waals surface area contributed by atoms with Gasteiger partial charge in [0.25, 0.3) is 5.56 Å². The standard InChI is InChI=1S/C22H29N3O2.C14H19NO.3C3H8.2C2H6/c1-5-16(14(2)20-13-25(4)22(27)15(3)24-20)12-23-21(26)19-10-17-8-6-7-9-18(17)11-19;1-2-4-11-6-8-12(9-7-11)13-5-3-10-15-14(13)16;3*1-3-2;2*1-2/h10,13H,5-9,11-12H2,1-4H3,(H,23,26);6-9,13H,2-5,10H2,1H3,(H,15,16);3*3H2,1-2H3;2*1-2H3/b16-14+;;;;;;. The molecular formula is C49H84N4O3. The lowest BCUT2D eigenvalue weighted by molar-refractivity contribution is -0.123. The number of aryl methyl sites for hydroxylation is 3. The van der Waals surface area contributed by atoms with Crippen molar-refractivity contribution in [3.8, 4) is 0 Å². The Bertz CT molecular complexity index is 1500. The fraction of sp³-hybridized carbons (Fsp3) is 0.633. The van der Waals surface area contributed by atoms with Gasteiger partial charge in [0.2, 0.25) is 11.8 Å². The van der Waals surface area contributed by atoms with Crippen LogP contribution in [0.3, 0.4) is 0 Å². The van der Waals surface area contributed by atoms with Crippen LogP contribution in [0.1, 0.15) is 195 Å². The first-order valence-corrected chi connectivity index (χ1v) is 22.3. The molecule has 5 rings (SSSR count). The molecule has 1 aromatic heterocycles. The maximum absolute atomic E-state index is 12.6. The molecule has 2 aliphatic carbocycles. The molecule has 7 heteroatoms. The molecule has 3 aliphatic rings. The van der Waals surface area contributed by atoms with Crippen molar-refractivity contribution in [1.82, 2.24) is 20.2 Å². The number of hydrogen-bond acceptors (Lipinski definition) is 4. The number of carbonyl (C=O) groups is 2. The van der Waals surface area contributed by atoms with Crippen molar-refractivity contribution in [2.24, 2.45) is 7.05 Å². The van der Waals surface area contributed by atoms with E-state index in [0.29, 0.717) is 12.2 Å². The summed E-state index contributed by atoms with van der Waals surface area (Å²) in [6.45, 7) is 30.1. The number of allylic oxidation sites excluding steroid dienone is 4. The second kappa shape index (κ2) is 33.4. The average Bonchev–Trinajstić information content (AvgIpc) is 3.65. The van der Waals surface area contributed by atoms with E-state index < -0.39 is 0 Å². The van der Waals surface area contributed by atoms with E-state index in [2.05, 4.69) is 101 Å². The van der Waals surface area contributed by atoms with Crippen molar-refractivity contribution in [2.75, 3.05) is 13.1 Å². The molecule has 0 radical (unpaired) electrons. The monoisotopic (exact) mass is 777 g/mol. The van der Waals surface area contributed by atoms with E-state index in [9.17, 15) is 14.4 Å². The van der Waals surface area contributed by atoms with Crippen LogP contribution in [0.25, 0.3) is 5.57 Å². The SMILES string of the molecule is CC.CC.CC/C(CNC(=O)C1=CC2=C(CCCC2)C1)=C(/C)c1cn(C)c(=O)c(C)n1.CCC.CCC.CCC.CCCc1ccc(C2CCCNC2=O)cc1. The van der Waals surface area contributed by atoms with Gasteiger partial charge in [0.15, 0.2) is 0 Å². The van der Waals surface area contributed by atoms with Crippen molar-refractivity contribution in [3.05, 3.63) is 91.7 Å². The molecule has 2 amide bonds. The van der Waals surface area contributed by atoms with Crippen LogP contribution >= 0.6 is 0 Å². The molecule has 1 unspecified atom stereocenters. The molecule has 1 atom stereocenters. The molecule has 1 saturated heterocycles. The van der Waals surface area contributed by atoms with Crippen molar-refractivity contribution >= 4 is 17.4 Å². The Kier molecular flexibility index (Phi) is 32.4. The number of hydrogen-bond donors (Lipinski definition) is 2. The number of benzene rings is 1. The van der Waals surface area contributed by atoms with E-state index >= 15 is 0 Å². The van der Waals surface area contributed by atoms with Gasteiger partial charge in [-0.3, -0.25) is 14.4 Å². The first kappa shape index (κ1) is 54.4. The smallest absolute Gasteiger partial charge is 0.271 e. The Morgan fingerprint density at radius 2 is 1.45 bits per heavy atom. The number of rotatable bonds is 8. The minimum Gasteiger partial charge on any atom is -0.356 e. The highest BCUT2D eigenvalue weighted by Gasteiger charge is 2.24. The predicted molar refractivity (Wildman–Crippen MR) is 244 cm³/mol. The van der Waals surface area contributed by atoms with E-state index in [4.69, 9.17) is 0 Å². The van der Waals surface area contributed by atoms with E-state index in [1.54, 1.807) is 24.7 Å². The Balaban J connectivity index is 0. The summed E-state index contributed by atoms with van der Waals surface area (Å²) in [5.41, 5.74) is 9.62. The van der Waals surface area contributed by atoms with Gasteiger partial charge in [0, 0.05) is 31.9 Å². The van der Waals surface area contributed by atoms with Crippen LogP contribution < -0.4 is 16.2 Å². The van der Waals surface area contributed by atoms with E-state index in [-0.39, 0.29) is 23.3 Å². The summed E-state index contributed by atoms with van der Waals surface area (Å²) in [6.07, 6.45) is 18.3. The fourth-order valence-electron chi connectivity index (χ4n) is 6.24. The molecule has 1 aromatic carbocycles. The van der Waals surface area contributed by atoms with Crippen LogP contribution in [0.2, 0.25) is 0 Å². The first-order valence-electron chi connectivity index (χ1n) is 22.3. The molecule has 2 aromatic rings. The van der Waals surface area contributed by atoms with Crippen molar-refractivity contribution < 1.29 is 9.59 Å². The Labute approximate surface area is 344 Å². The molecule has 1 fully saturated rings. The molecule has 2 N–H and O–H groups in total. The number of piperidine rings is 1. The molecule has 318 valence electrons. The number of nitrogens with zero attached hydrogens (tertiary/aromatic N) is 2. The number of aromatic nitrogens is 2. The van der Waals surface area contributed by atoms with E-state index in [0.717, 1.165) is 79.5 Å². The highest BCUT2D eigenvalue weighted by molar-refractivity contribution is 5.95. The summed E-state index contributed by atoms with van der Waals surface area (Å²) in [6, 6.07) is 8.53. The third kappa shape index (κ3) is 19.9. The lowest BCUT2D eigenvalue weighted by Gasteiger charge is -2.22. The first-order chi connectivity index (χ1) is 27.0. The zero-order valence-electron chi connectivity index (χ0n) is 38.8. The lowest BCUT2D eigenvalue weighted by atomic mass is 9.90. The quantitative estimate of drug-likeness (QED) is 0.279. The second-order valence-electron chi connectivity index (χ2n) is 14.2. The number of nitrogens with one attached hydrogen (secondary N) is 2. The molecule has 7 nitrogen and oxygen atoms in total. The summed E-state index contributed by atoms with van der Waals surface area (Å²) >= 11 is 0. The van der Waals surface area contributed by atoms with Crippen LogP contribution in [0, 0.1) is 6.92 Å². The summed E-state index contributed by atoms with van der Waals surface area (Å²) in [5, 5.41) is 6.02. The van der Waals surface area contributed by atoms with Gasteiger partial charge in [0.05, 0.1) is 11.6 Å². The summed E-state index contributed by atoms with van der Waals surface area (Å²) in [7, 11) is 1.74. The molecule has 56 heavy (non-hydrogen) atoms. The van der Waals surface area contributed by atoms with Crippen molar-refractivity contribution in [2.45, 2.75) is 186 Å². The van der Waals surface area contributed by atoms with Crippen molar-refractivity contribution in [3.63, 3.8) is 0 Å². The van der Waals surface area contributed by atoms with Crippen LogP contribution in [0.5, 0.6) is 0 Å². The van der Waals surface area contributed by atoms with Crippen molar-refractivity contribution in [1.29, 1.82) is 0 Å². The zero-order chi connectivity index (χ0) is 43.1. The third-order valence-corrected chi connectivity index (χ3v) is 8.92. The average molecular weight is 777 g/mol. The van der Waals surface area contributed by atoms with Gasteiger partial charge < -0.3 is 15.2 Å².